The molecule has 37 heavy (non-hydrogen) atoms. The highest BCUT2D eigenvalue weighted by atomic mass is 35.5. The fourth-order valence-corrected chi connectivity index (χ4v) is 3.68. The van der Waals surface area contributed by atoms with Crippen molar-refractivity contribution < 1.29 is 22.4 Å². The molecule has 1 N–H and O–H groups in total. The van der Waals surface area contributed by atoms with Crippen LogP contribution in [0.1, 0.15) is 49.8 Å². The van der Waals surface area contributed by atoms with Crippen LogP contribution in [-0.4, -0.2) is 41.4 Å². The molecule has 13 heteroatoms. The van der Waals surface area contributed by atoms with Crippen LogP contribution in [0.2, 0.25) is 5.02 Å². The number of aromatic nitrogens is 6. The zero-order valence-corrected chi connectivity index (χ0v) is 20.9. The normalized spacial score (nSPS) is 13.0. The minimum atomic E-state index is -4.53. The lowest BCUT2D eigenvalue weighted by Gasteiger charge is -2.18. The number of hydrogen-bond donors (Lipinski definition) is 1. The van der Waals surface area contributed by atoms with Gasteiger partial charge in [-0.15, -0.1) is 10.2 Å². The van der Waals surface area contributed by atoms with E-state index in [4.69, 9.17) is 11.6 Å². The van der Waals surface area contributed by atoms with Crippen LogP contribution in [0.5, 0.6) is 0 Å². The third-order valence-electron chi connectivity index (χ3n) is 5.59. The molecular formula is C24H22ClF4N7O. The average Bonchev–Trinajstić information content (AvgIpc) is 3.48. The van der Waals surface area contributed by atoms with Crippen LogP contribution in [0.4, 0.5) is 23.4 Å². The summed E-state index contributed by atoms with van der Waals surface area (Å²) in [7, 11) is 0. The Hall–Kier alpha value is -3.80. The van der Waals surface area contributed by atoms with Crippen molar-refractivity contribution in [2.24, 2.45) is 0 Å². The second-order valence-corrected chi connectivity index (χ2v) is 9.75. The molecule has 3 heterocycles. The highest BCUT2D eigenvalue weighted by Crippen LogP contribution is 2.33. The van der Waals surface area contributed by atoms with Crippen molar-refractivity contribution in [1.82, 2.24) is 29.3 Å². The summed E-state index contributed by atoms with van der Waals surface area (Å²) in [4.78, 5) is 21.5. The van der Waals surface area contributed by atoms with E-state index >= 15 is 0 Å². The van der Waals surface area contributed by atoms with Crippen molar-refractivity contribution in [3.8, 4) is 17.2 Å². The number of imidazole rings is 1. The fraction of sp³-hybridized carbons (Fsp3) is 0.292. The Morgan fingerprint density at radius 2 is 1.86 bits per heavy atom. The summed E-state index contributed by atoms with van der Waals surface area (Å²) in [6.45, 7) is 6.92. The third-order valence-corrected chi connectivity index (χ3v) is 5.90. The van der Waals surface area contributed by atoms with E-state index in [1.165, 1.54) is 30.6 Å². The first-order valence-corrected chi connectivity index (χ1v) is 11.4. The van der Waals surface area contributed by atoms with E-state index in [1.54, 1.807) is 10.8 Å². The molecule has 4 aromatic rings. The fourth-order valence-electron chi connectivity index (χ4n) is 3.43. The number of carbonyl (C=O) groups excluding carboxylic acids is 1. The Morgan fingerprint density at radius 3 is 2.51 bits per heavy atom. The van der Waals surface area contributed by atoms with Gasteiger partial charge in [0.2, 0.25) is 0 Å². The van der Waals surface area contributed by atoms with Gasteiger partial charge in [-0.2, -0.15) is 13.2 Å². The summed E-state index contributed by atoms with van der Waals surface area (Å²) in [6, 6.07) is 4.71. The number of amides is 1. The van der Waals surface area contributed by atoms with Gasteiger partial charge in [0.15, 0.2) is 5.82 Å². The maximum absolute atomic E-state index is 14.7. The van der Waals surface area contributed by atoms with Crippen molar-refractivity contribution in [1.29, 1.82) is 0 Å². The predicted molar refractivity (Wildman–Crippen MR) is 129 cm³/mol. The monoisotopic (exact) mass is 535 g/mol. The second kappa shape index (κ2) is 9.58. The number of benzene rings is 1. The van der Waals surface area contributed by atoms with Crippen LogP contribution >= 0.6 is 11.6 Å². The van der Waals surface area contributed by atoms with Crippen molar-refractivity contribution in [2.75, 3.05) is 5.32 Å². The van der Waals surface area contributed by atoms with E-state index < -0.39 is 23.9 Å². The lowest BCUT2D eigenvalue weighted by Crippen LogP contribution is -2.24. The molecule has 0 aliphatic rings. The Bertz CT molecular complexity index is 1460. The maximum atomic E-state index is 14.7. The van der Waals surface area contributed by atoms with Gasteiger partial charge in [-0.25, -0.2) is 14.4 Å². The number of halogens is 5. The molecule has 0 spiro atoms. The standard InChI is InChI=1S/C24H22ClF4N7O/c1-13(24(27,28)29)36-12-31-34-21(36)17-6-5-7-20(32-17)33-22(37)14-8-18(15(25)9-16(14)26)35-10-19(30-11-35)23(2,3)4/h5-13H,1-4H3,(H,32,33,37)/t13-/m0/s1. The molecule has 8 nitrogen and oxygen atoms in total. The Morgan fingerprint density at radius 1 is 1.14 bits per heavy atom. The SMILES string of the molecule is C[C@H](n1cnnc1-c1cccc(NC(=O)c2cc(-n3cnc(C(C)(C)C)c3)c(Cl)cc2F)n1)C(F)(F)F. The van der Waals surface area contributed by atoms with Gasteiger partial charge < -0.3 is 14.5 Å². The quantitative estimate of drug-likeness (QED) is 0.317. The van der Waals surface area contributed by atoms with Crippen molar-refractivity contribution >= 4 is 23.3 Å². The summed E-state index contributed by atoms with van der Waals surface area (Å²) in [5.74, 6) is -1.86. The Kier molecular flexibility index (Phi) is 6.80. The first-order valence-electron chi connectivity index (χ1n) is 11.0. The van der Waals surface area contributed by atoms with E-state index in [9.17, 15) is 22.4 Å². The van der Waals surface area contributed by atoms with E-state index in [2.05, 4.69) is 25.5 Å². The van der Waals surface area contributed by atoms with Crippen LogP contribution < -0.4 is 5.32 Å². The smallest absolute Gasteiger partial charge is 0.306 e. The first kappa shape index (κ1) is 26.3. The first-order chi connectivity index (χ1) is 17.3. The molecule has 0 radical (unpaired) electrons. The molecular weight excluding hydrogens is 514 g/mol. The molecule has 0 unspecified atom stereocenters. The van der Waals surface area contributed by atoms with E-state index in [0.29, 0.717) is 5.69 Å². The maximum Gasteiger partial charge on any atom is 0.408 e. The molecule has 0 saturated heterocycles. The molecule has 1 aromatic carbocycles. The summed E-state index contributed by atoms with van der Waals surface area (Å²) in [6.07, 6.45) is -0.323. The molecule has 0 fully saturated rings. The number of rotatable bonds is 5. The summed E-state index contributed by atoms with van der Waals surface area (Å²) in [5, 5.41) is 9.85. The summed E-state index contributed by atoms with van der Waals surface area (Å²) < 4.78 is 56.8. The minimum absolute atomic E-state index is 0.0229. The van der Waals surface area contributed by atoms with Crippen LogP contribution in [0, 0.1) is 5.82 Å². The van der Waals surface area contributed by atoms with Crippen LogP contribution in [0.25, 0.3) is 17.2 Å². The summed E-state index contributed by atoms with van der Waals surface area (Å²) in [5.41, 5.74) is 0.597. The van der Waals surface area contributed by atoms with Crippen molar-refractivity contribution in [2.45, 2.75) is 45.3 Å². The van der Waals surface area contributed by atoms with E-state index in [0.717, 1.165) is 29.6 Å². The van der Waals surface area contributed by atoms with E-state index in [-0.39, 0.29) is 33.3 Å². The van der Waals surface area contributed by atoms with Gasteiger partial charge >= 0.3 is 6.18 Å². The lowest BCUT2D eigenvalue weighted by molar-refractivity contribution is -0.162. The predicted octanol–water partition coefficient (Wildman–Crippen LogP) is 5.99. The summed E-state index contributed by atoms with van der Waals surface area (Å²) >= 11 is 6.25. The van der Waals surface area contributed by atoms with Gasteiger partial charge in [0, 0.05) is 11.6 Å². The van der Waals surface area contributed by atoms with Gasteiger partial charge in [0.25, 0.3) is 5.91 Å². The molecule has 0 aliphatic heterocycles. The average molecular weight is 536 g/mol. The lowest BCUT2D eigenvalue weighted by atomic mass is 9.93. The van der Waals surface area contributed by atoms with Crippen LogP contribution in [0.15, 0.2) is 49.2 Å². The van der Waals surface area contributed by atoms with Crippen LogP contribution in [0.3, 0.4) is 0 Å². The van der Waals surface area contributed by atoms with Crippen molar-refractivity contribution in [3.05, 3.63) is 71.3 Å². The third kappa shape index (κ3) is 5.48. The molecule has 1 amide bonds. The minimum Gasteiger partial charge on any atom is -0.306 e. The van der Waals surface area contributed by atoms with E-state index in [1.807, 2.05) is 20.8 Å². The number of carbonyl (C=O) groups is 1. The van der Waals surface area contributed by atoms with Crippen molar-refractivity contribution in [3.63, 3.8) is 0 Å². The number of anilines is 1. The largest absolute Gasteiger partial charge is 0.408 e. The molecule has 0 saturated carbocycles. The zero-order chi connectivity index (χ0) is 27.1. The molecule has 0 aliphatic carbocycles. The number of alkyl halides is 3. The number of nitrogens with one attached hydrogen (secondary N) is 1. The number of nitrogens with zero attached hydrogens (tertiary/aromatic N) is 6. The van der Waals surface area contributed by atoms with Gasteiger partial charge in [0.05, 0.1) is 28.3 Å². The van der Waals surface area contributed by atoms with Gasteiger partial charge in [0.1, 0.15) is 29.7 Å². The second-order valence-electron chi connectivity index (χ2n) is 9.34. The molecule has 194 valence electrons. The Balaban J connectivity index is 1.63. The topological polar surface area (TPSA) is 90.5 Å². The highest BCUT2D eigenvalue weighted by molar-refractivity contribution is 6.32. The number of pyridine rings is 1. The van der Waals surface area contributed by atoms with Gasteiger partial charge in [-0.1, -0.05) is 38.4 Å². The van der Waals surface area contributed by atoms with Crippen LogP contribution in [-0.2, 0) is 5.41 Å². The van der Waals surface area contributed by atoms with Gasteiger partial charge in [-0.05, 0) is 31.2 Å². The highest BCUT2D eigenvalue weighted by Gasteiger charge is 2.38. The molecule has 1 atom stereocenters. The number of hydrogen-bond acceptors (Lipinski definition) is 5. The molecule has 4 rings (SSSR count). The molecule has 0 bridgehead atoms. The molecule has 3 aromatic heterocycles. The Labute approximate surface area is 214 Å². The van der Waals surface area contributed by atoms with Gasteiger partial charge in [-0.3, -0.25) is 4.79 Å². The zero-order valence-electron chi connectivity index (χ0n) is 20.2.